The van der Waals surface area contributed by atoms with E-state index in [1.807, 2.05) is 4.90 Å². The van der Waals surface area contributed by atoms with Crippen molar-refractivity contribution < 1.29 is 9.18 Å². The Morgan fingerprint density at radius 2 is 2.25 bits per heavy atom. The lowest BCUT2D eigenvalue weighted by Crippen LogP contribution is -2.34. The van der Waals surface area contributed by atoms with Crippen LogP contribution in [-0.4, -0.2) is 31.6 Å². The van der Waals surface area contributed by atoms with Crippen LogP contribution in [0.25, 0.3) is 0 Å². The van der Waals surface area contributed by atoms with Crippen molar-refractivity contribution in [2.45, 2.75) is 32.9 Å². The van der Waals surface area contributed by atoms with Crippen LogP contribution in [0.3, 0.4) is 0 Å². The highest BCUT2D eigenvalue weighted by atomic mass is 19.1. The Balaban J connectivity index is 2.22. The van der Waals surface area contributed by atoms with Gasteiger partial charge in [-0.25, -0.2) is 4.39 Å². The maximum Gasteiger partial charge on any atom is 0.239 e. The minimum atomic E-state index is -0.242. The third-order valence-electron chi connectivity index (χ3n) is 3.34. The van der Waals surface area contributed by atoms with E-state index in [1.54, 1.807) is 12.1 Å². The highest BCUT2D eigenvalue weighted by Crippen LogP contribution is 2.22. The maximum atomic E-state index is 13.5. The van der Waals surface area contributed by atoms with Crippen molar-refractivity contribution in [2.24, 2.45) is 0 Å². The van der Waals surface area contributed by atoms with Gasteiger partial charge in [0.1, 0.15) is 5.82 Å². The number of nitrogens with zero attached hydrogens (tertiary/aromatic N) is 1. The summed E-state index contributed by atoms with van der Waals surface area (Å²) in [4.78, 5) is 13.7. The van der Waals surface area contributed by atoms with Crippen molar-refractivity contribution >= 4 is 11.6 Å². The molecule has 4 nitrogen and oxygen atoms in total. The summed E-state index contributed by atoms with van der Waals surface area (Å²) in [5, 5.41) is 6.16. The van der Waals surface area contributed by atoms with Gasteiger partial charge in [-0.15, -0.1) is 0 Å². The summed E-state index contributed by atoms with van der Waals surface area (Å²) in [7, 11) is 0. The van der Waals surface area contributed by atoms with E-state index in [0.717, 1.165) is 24.2 Å². The van der Waals surface area contributed by atoms with E-state index in [0.29, 0.717) is 25.7 Å². The van der Waals surface area contributed by atoms with Crippen molar-refractivity contribution in [3.8, 4) is 0 Å². The summed E-state index contributed by atoms with van der Waals surface area (Å²) in [6.07, 6.45) is 0.903. The predicted molar refractivity (Wildman–Crippen MR) is 78.2 cm³/mol. The molecule has 0 aromatic heterocycles. The summed E-state index contributed by atoms with van der Waals surface area (Å²) in [5.41, 5.74) is 1.84. The van der Waals surface area contributed by atoms with Gasteiger partial charge in [-0.05, 0) is 30.2 Å². The third kappa shape index (κ3) is 3.93. The van der Waals surface area contributed by atoms with Crippen LogP contribution in [0.5, 0.6) is 0 Å². The Hall–Kier alpha value is -1.62. The minimum absolute atomic E-state index is 0.0228. The smallest absolute Gasteiger partial charge is 0.239 e. The number of benzene rings is 1. The lowest BCUT2D eigenvalue weighted by atomic mass is 10.1. The quantitative estimate of drug-likeness (QED) is 0.881. The number of carbonyl (C=O) groups is 1. The first kappa shape index (κ1) is 14.8. The van der Waals surface area contributed by atoms with Crippen LogP contribution in [0.1, 0.15) is 25.8 Å². The maximum absolute atomic E-state index is 13.5. The zero-order valence-corrected chi connectivity index (χ0v) is 12.1. The minimum Gasteiger partial charge on any atom is -0.362 e. The van der Waals surface area contributed by atoms with Crippen LogP contribution in [0.4, 0.5) is 10.1 Å². The number of carbonyl (C=O) groups excluding carboxylic acids is 1. The Labute approximate surface area is 119 Å². The van der Waals surface area contributed by atoms with Crippen LogP contribution in [-0.2, 0) is 11.3 Å². The first-order valence-corrected chi connectivity index (χ1v) is 7.09. The summed E-state index contributed by atoms with van der Waals surface area (Å²) >= 11 is 0. The molecule has 1 fully saturated rings. The molecule has 5 heteroatoms. The molecule has 1 aromatic carbocycles. The van der Waals surface area contributed by atoms with Gasteiger partial charge in [0, 0.05) is 31.4 Å². The van der Waals surface area contributed by atoms with E-state index in [9.17, 15) is 9.18 Å². The molecule has 1 saturated heterocycles. The molecule has 1 aliphatic rings. The summed E-state index contributed by atoms with van der Waals surface area (Å²) in [5.74, 6) is -0.219. The molecule has 2 N–H and O–H groups in total. The molecule has 0 atom stereocenters. The van der Waals surface area contributed by atoms with Gasteiger partial charge in [0.2, 0.25) is 5.91 Å². The zero-order chi connectivity index (χ0) is 14.5. The molecule has 0 radical (unpaired) electrons. The Morgan fingerprint density at radius 3 is 3.00 bits per heavy atom. The van der Waals surface area contributed by atoms with E-state index in [1.165, 1.54) is 6.07 Å². The van der Waals surface area contributed by atoms with E-state index >= 15 is 0 Å². The predicted octanol–water partition coefficient (Wildman–Crippen LogP) is 1.65. The van der Waals surface area contributed by atoms with E-state index in [2.05, 4.69) is 24.5 Å². The first-order chi connectivity index (χ1) is 9.56. The normalized spacial score (nSPS) is 16.2. The lowest BCUT2D eigenvalue weighted by molar-refractivity contribution is -0.119. The average molecular weight is 279 g/mol. The number of hydrogen-bond donors (Lipinski definition) is 2. The molecule has 2 rings (SSSR count). The van der Waals surface area contributed by atoms with Gasteiger partial charge in [0.15, 0.2) is 0 Å². The number of halogens is 1. The molecule has 0 unspecified atom stereocenters. The zero-order valence-electron chi connectivity index (χ0n) is 12.1. The second kappa shape index (κ2) is 6.70. The Bertz CT molecular complexity index is 476. The van der Waals surface area contributed by atoms with Gasteiger partial charge < -0.3 is 15.5 Å². The number of anilines is 1. The third-order valence-corrected chi connectivity index (χ3v) is 3.34. The SMILES string of the molecule is CC(C)NCc1cc(F)ccc1N1CCCNC(=O)C1. The fraction of sp³-hybridized carbons (Fsp3) is 0.533. The van der Waals surface area contributed by atoms with Crippen LogP contribution in [0, 0.1) is 5.82 Å². The molecular formula is C15H22FN3O. The molecule has 1 heterocycles. The van der Waals surface area contributed by atoms with Crippen molar-refractivity contribution in [3.63, 3.8) is 0 Å². The van der Waals surface area contributed by atoms with Crippen LogP contribution in [0.15, 0.2) is 18.2 Å². The molecule has 0 aliphatic carbocycles. The fourth-order valence-corrected chi connectivity index (χ4v) is 2.33. The molecule has 20 heavy (non-hydrogen) atoms. The van der Waals surface area contributed by atoms with Crippen LogP contribution >= 0.6 is 0 Å². The van der Waals surface area contributed by atoms with E-state index in [4.69, 9.17) is 0 Å². The van der Waals surface area contributed by atoms with Gasteiger partial charge in [-0.3, -0.25) is 4.79 Å². The second-order valence-corrected chi connectivity index (χ2v) is 5.43. The molecule has 0 saturated carbocycles. The number of rotatable bonds is 4. The van der Waals surface area contributed by atoms with Crippen molar-refractivity contribution in [1.29, 1.82) is 0 Å². The van der Waals surface area contributed by atoms with Gasteiger partial charge >= 0.3 is 0 Å². The largest absolute Gasteiger partial charge is 0.362 e. The first-order valence-electron chi connectivity index (χ1n) is 7.09. The molecule has 1 aliphatic heterocycles. The molecule has 0 spiro atoms. The molecule has 0 bridgehead atoms. The Morgan fingerprint density at radius 1 is 1.45 bits per heavy atom. The van der Waals surface area contributed by atoms with Gasteiger partial charge in [0.05, 0.1) is 6.54 Å². The monoisotopic (exact) mass is 279 g/mol. The van der Waals surface area contributed by atoms with E-state index < -0.39 is 0 Å². The average Bonchev–Trinajstić information content (AvgIpc) is 2.61. The van der Waals surface area contributed by atoms with Gasteiger partial charge in [0.25, 0.3) is 0 Å². The van der Waals surface area contributed by atoms with Crippen LogP contribution < -0.4 is 15.5 Å². The van der Waals surface area contributed by atoms with Gasteiger partial charge in [-0.1, -0.05) is 13.8 Å². The highest BCUT2D eigenvalue weighted by Gasteiger charge is 2.18. The topological polar surface area (TPSA) is 44.4 Å². The lowest BCUT2D eigenvalue weighted by Gasteiger charge is -2.25. The summed E-state index contributed by atoms with van der Waals surface area (Å²) in [6.45, 7) is 6.55. The number of hydrogen-bond acceptors (Lipinski definition) is 3. The molecular weight excluding hydrogens is 257 g/mol. The van der Waals surface area contributed by atoms with Gasteiger partial charge in [-0.2, -0.15) is 0 Å². The fourth-order valence-electron chi connectivity index (χ4n) is 2.33. The summed E-state index contributed by atoms with van der Waals surface area (Å²) < 4.78 is 13.5. The Kier molecular flexibility index (Phi) is 4.95. The standard InChI is InChI=1S/C15H22FN3O/c1-11(2)18-9-12-8-13(16)4-5-14(12)19-7-3-6-17-15(20)10-19/h4-5,8,11,18H,3,6-7,9-10H2,1-2H3,(H,17,20). The van der Waals surface area contributed by atoms with Crippen LogP contribution in [0.2, 0.25) is 0 Å². The van der Waals surface area contributed by atoms with E-state index in [-0.39, 0.29) is 11.7 Å². The number of nitrogens with one attached hydrogen (secondary N) is 2. The second-order valence-electron chi connectivity index (χ2n) is 5.43. The number of amides is 1. The van der Waals surface area contributed by atoms with Crippen molar-refractivity contribution in [3.05, 3.63) is 29.6 Å². The van der Waals surface area contributed by atoms with Crippen molar-refractivity contribution in [2.75, 3.05) is 24.5 Å². The summed E-state index contributed by atoms with van der Waals surface area (Å²) in [6, 6.07) is 5.11. The molecule has 1 amide bonds. The molecule has 110 valence electrons. The highest BCUT2D eigenvalue weighted by molar-refractivity contribution is 5.82. The molecule has 1 aromatic rings. The van der Waals surface area contributed by atoms with Crippen molar-refractivity contribution in [1.82, 2.24) is 10.6 Å².